The maximum atomic E-state index is 12.8. The van der Waals surface area contributed by atoms with Gasteiger partial charge in [0.2, 0.25) is 0 Å². The van der Waals surface area contributed by atoms with Crippen LogP contribution in [0, 0.1) is 0 Å². The first-order chi connectivity index (χ1) is 10.1. The Kier molecular flexibility index (Phi) is 4.33. The fraction of sp³-hybridized carbons (Fsp3) is 0.625. The highest BCUT2D eigenvalue weighted by Gasteiger charge is 2.35. The molecule has 1 saturated heterocycles. The van der Waals surface area contributed by atoms with E-state index in [-0.39, 0.29) is 6.04 Å². The number of piperidine rings is 1. The molecule has 0 radical (unpaired) electrons. The van der Waals surface area contributed by atoms with Gasteiger partial charge >= 0.3 is 0 Å². The lowest BCUT2D eigenvalue weighted by molar-refractivity contribution is 0.277. The van der Waals surface area contributed by atoms with Crippen LogP contribution in [-0.2, 0) is 16.6 Å². The Morgan fingerprint density at radius 1 is 1.10 bits per heavy atom. The van der Waals surface area contributed by atoms with Crippen molar-refractivity contribution in [2.45, 2.75) is 44.6 Å². The second-order valence-electron chi connectivity index (χ2n) is 6.09. The van der Waals surface area contributed by atoms with Crippen molar-refractivity contribution >= 4 is 10.2 Å². The summed E-state index contributed by atoms with van der Waals surface area (Å²) in [4.78, 5) is 0. The summed E-state index contributed by atoms with van der Waals surface area (Å²) in [6.07, 6.45) is 6.14. The van der Waals surface area contributed by atoms with Crippen LogP contribution < -0.4 is 0 Å². The van der Waals surface area contributed by atoms with Gasteiger partial charge in [0.15, 0.2) is 0 Å². The molecule has 1 aromatic carbocycles. The first-order valence-corrected chi connectivity index (χ1v) is 9.31. The lowest BCUT2D eigenvalue weighted by Crippen LogP contribution is -2.46. The third-order valence-corrected chi connectivity index (χ3v) is 6.78. The van der Waals surface area contributed by atoms with E-state index in [1.807, 2.05) is 12.1 Å². The summed E-state index contributed by atoms with van der Waals surface area (Å²) in [5.74, 6) is 0. The van der Waals surface area contributed by atoms with Crippen LogP contribution in [0.25, 0.3) is 0 Å². The van der Waals surface area contributed by atoms with Crippen LogP contribution in [0.15, 0.2) is 24.3 Å². The molecule has 21 heavy (non-hydrogen) atoms. The van der Waals surface area contributed by atoms with E-state index in [0.29, 0.717) is 13.1 Å². The van der Waals surface area contributed by atoms with Crippen molar-refractivity contribution in [3.8, 4) is 0 Å². The van der Waals surface area contributed by atoms with E-state index in [0.717, 1.165) is 38.5 Å². The molecule has 0 N–H and O–H groups in total. The summed E-state index contributed by atoms with van der Waals surface area (Å²) in [6, 6.07) is 8.25. The first-order valence-electron chi connectivity index (χ1n) is 7.91. The van der Waals surface area contributed by atoms with Crippen LogP contribution in [0.1, 0.15) is 49.3 Å². The highest BCUT2D eigenvalue weighted by Crippen LogP contribution is 2.35. The van der Waals surface area contributed by atoms with Gasteiger partial charge in [0.25, 0.3) is 10.2 Å². The molecular formula is C16H24N2O2S. The molecule has 1 atom stereocenters. The monoisotopic (exact) mass is 308 g/mol. The van der Waals surface area contributed by atoms with E-state index in [4.69, 9.17) is 0 Å². The molecule has 4 nitrogen and oxygen atoms in total. The minimum absolute atomic E-state index is 0.0122. The van der Waals surface area contributed by atoms with Crippen molar-refractivity contribution in [1.29, 1.82) is 0 Å². The number of hydrogen-bond donors (Lipinski definition) is 0. The second kappa shape index (κ2) is 6.07. The zero-order chi connectivity index (χ0) is 14.9. The van der Waals surface area contributed by atoms with Crippen LogP contribution in [0.5, 0.6) is 0 Å². The Morgan fingerprint density at radius 3 is 2.57 bits per heavy atom. The van der Waals surface area contributed by atoms with Crippen molar-refractivity contribution in [1.82, 2.24) is 8.61 Å². The summed E-state index contributed by atoms with van der Waals surface area (Å²) in [5, 5.41) is 0. The highest BCUT2D eigenvalue weighted by molar-refractivity contribution is 7.86. The van der Waals surface area contributed by atoms with E-state index in [1.54, 1.807) is 15.7 Å². The van der Waals surface area contributed by atoms with Gasteiger partial charge in [0, 0.05) is 20.1 Å². The van der Waals surface area contributed by atoms with E-state index in [9.17, 15) is 8.42 Å². The third kappa shape index (κ3) is 2.87. The molecule has 0 unspecified atom stereocenters. The first kappa shape index (κ1) is 15.0. The van der Waals surface area contributed by atoms with Crippen molar-refractivity contribution < 1.29 is 8.42 Å². The number of benzene rings is 1. The predicted octanol–water partition coefficient (Wildman–Crippen LogP) is 2.73. The minimum Gasteiger partial charge on any atom is -0.195 e. The molecule has 3 rings (SSSR count). The molecule has 1 fully saturated rings. The van der Waals surface area contributed by atoms with Crippen molar-refractivity contribution in [2.24, 2.45) is 0 Å². The predicted molar refractivity (Wildman–Crippen MR) is 84.2 cm³/mol. The molecule has 0 amide bonds. The highest BCUT2D eigenvalue weighted by atomic mass is 32.2. The molecule has 1 aromatic rings. The fourth-order valence-electron chi connectivity index (χ4n) is 3.54. The Morgan fingerprint density at radius 2 is 1.81 bits per heavy atom. The SMILES string of the molecule is CN([C@@H]1CCCc2ccccc21)S(=O)(=O)N1CCCCC1. The largest absolute Gasteiger partial charge is 0.282 e. The molecule has 5 heteroatoms. The Balaban J connectivity index is 1.87. The Bertz CT molecular complexity index is 594. The van der Waals surface area contributed by atoms with Gasteiger partial charge in [0.1, 0.15) is 0 Å². The zero-order valence-corrected chi connectivity index (χ0v) is 13.5. The Labute approximate surface area is 127 Å². The van der Waals surface area contributed by atoms with Crippen LogP contribution in [-0.4, -0.2) is 37.2 Å². The molecule has 116 valence electrons. The number of nitrogens with zero attached hydrogens (tertiary/aromatic N) is 2. The lowest BCUT2D eigenvalue weighted by atomic mass is 9.88. The van der Waals surface area contributed by atoms with Gasteiger partial charge in [-0.2, -0.15) is 17.0 Å². The minimum atomic E-state index is -3.34. The van der Waals surface area contributed by atoms with Gasteiger partial charge in [0.05, 0.1) is 6.04 Å². The molecule has 0 saturated carbocycles. The second-order valence-corrected chi connectivity index (χ2v) is 8.08. The zero-order valence-electron chi connectivity index (χ0n) is 12.7. The van der Waals surface area contributed by atoms with Crippen LogP contribution in [0.4, 0.5) is 0 Å². The molecule has 1 aliphatic carbocycles. The van der Waals surface area contributed by atoms with Crippen LogP contribution >= 0.6 is 0 Å². The fourth-order valence-corrected chi connectivity index (χ4v) is 5.17. The maximum Gasteiger partial charge on any atom is 0.282 e. The van der Waals surface area contributed by atoms with Crippen molar-refractivity contribution in [2.75, 3.05) is 20.1 Å². The van der Waals surface area contributed by atoms with Crippen LogP contribution in [0.2, 0.25) is 0 Å². The summed E-state index contributed by atoms with van der Waals surface area (Å²) >= 11 is 0. The number of fused-ring (bicyclic) bond motifs is 1. The molecule has 0 spiro atoms. The van der Waals surface area contributed by atoms with Crippen molar-refractivity contribution in [3.63, 3.8) is 0 Å². The average Bonchev–Trinajstić information content (AvgIpc) is 2.54. The van der Waals surface area contributed by atoms with Crippen molar-refractivity contribution in [3.05, 3.63) is 35.4 Å². The van der Waals surface area contributed by atoms with E-state index >= 15 is 0 Å². The quantitative estimate of drug-likeness (QED) is 0.861. The average molecular weight is 308 g/mol. The van der Waals surface area contributed by atoms with Gasteiger partial charge in [-0.25, -0.2) is 0 Å². The Hall–Kier alpha value is -0.910. The third-order valence-electron chi connectivity index (χ3n) is 4.78. The molecule has 0 aromatic heterocycles. The topological polar surface area (TPSA) is 40.6 Å². The van der Waals surface area contributed by atoms with E-state index in [2.05, 4.69) is 12.1 Å². The van der Waals surface area contributed by atoms with E-state index < -0.39 is 10.2 Å². The van der Waals surface area contributed by atoms with Crippen LogP contribution in [0.3, 0.4) is 0 Å². The summed E-state index contributed by atoms with van der Waals surface area (Å²) in [7, 11) is -1.59. The summed E-state index contributed by atoms with van der Waals surface area (Å²) in [5.41, 5.74) is 2.49. The van der Waals surface area contributed by atoms with Gasteiger partial charge in [-0.1, -0.05) is 30.7 Å². The lowest BCUT2D eigenvalue weighted by Gasteiger charge is -2.36. The summed E-state index contributed by atoms with van der Waals surface area (Å²) < 4.78 is 29.0. The standard InChI is InChI=1S/C16H24N2O2S/c1-17(21(19,20)18-12-5-2-6-13-18)16-11-7-9-14-8-3-4-10-15(14)16/h3-4,8,10,16H,2,5-7,9,11-13H2,1H3/t16-/m1/s1. The summed E-state index contributed by atoms with van der Waals surface area (Å²) in [6.45, 7) is 1.34. The molecule has 2 aliphatic rings. The molecule has 0 bridgehead atoms. The smallest absolute Gasteiger partial charge is 0.195 e. The van der Waals surface area contributed by atoms with Gasteiger partial charge < -0.3 is 0 Å². The van der Waals surface area contributed by atoms with E-state index in [1.165, 1.54) is 11.1 Å². The normalized spacial score (nSPS) is 24.0. The van der Waals surface area contributed by atoms with Gasteiger partial charge in [-0.3, -0.25) is 0 Å². The molecular weight excluding hydrogens is 284 g/mol. The van der Waals surface area contributed by atoms with Gasteiger partial charge in [-0.15, -0.1) is 0 Å². The number of hydrogen-bond acceptors (Lipinski definition) is 2. The molecule has 1 aliphatic heterocycles. The molecule has 1 heterocycles. The number of rotatable bonds is 3. The number of aryl methyl sites for hydroxylation is 1. The maximum absolute atomic E-state index is 12.8. The van der Waals surface area contributed by atoms with Gasteiger partial charge in [-0.05, 0) is 43.2 Å².